The van der Waals surface area contributed by atoms with E-state index < -0.39 is 0 Å². The Hall–Kier alpha value is -2.67. The van der Waals surface area contributed by atoms with Gasteiger partial charge in [0.2, 0.25) is 0 Å². The lowest BCUT2D eigenvalue weighted by molar-refractivity contribution is 0.101. The van der Waals surface area contributed by atoms with Gasteiger partial charge in [-0.25, -0.2) is 9.78 Å². The Morgan fingerprint density at radius 3 is 2.86 bits per heavy atom. The second kappa shape index (κ2) is 5.76. The van der Waals surface area contributed by atoms with E-state index in [0.29, 0.717) is 11.7 Å². The number of rotatable bonds is 4. The fourth-order valence-electron chi connectivity index (χ4n) is 1.95. The summed E-state index contributed by atoms with van der Waals surface area (Å²) in [5, 5.41) is 4.93. The first-order valence-electron chi connectivity index (χ1n) is 6.27. The van der Waals surface area contributed by atoms with Crippen LogP contribution in [-0.4, -0.2) is 20.4 Å². The Morgan fingerprint density at radius 1 is 1.33 bits per heavy atom. The van der Waals surface area contributed by atoms with Crippen LogP contribution >= 0.6 is 11.3 Å². The number of anilines is 1. The van der Waals surface area contributed by atoms with Crippen LogP contribution in [-0.2, 0) is 6.54 Å². The molecule has 3 rings (SSSR count). The zero-order valence-electron chi connectivity index (χ0n) is 10.9. The molecular formula is C14H12N4O2S. The Balaban J connectivity index is 1.86. The molecule has 2 heterocycles. The maximum atomic E-state index is 12.2. The molecule has 3 aromatic rings. The van der Waals surface area contributed by atoms with Gasteiger partial charge < -0.3 is 4.98 Å². The fourth-order valence-corrected chi connectivity index (χ4v) is 2.48. The summed E-state index contributed by atoms with van der Waals surface area (Å²) in [7, 11) is 0. The third-order valence-electron chi connectivity index (χ3n) is 2.94. The molecular weight excluding hydrogens is 288 g/mol. The second-order valence-electron chi connectivity index (χ2n) is 4.34. The number of amides is 1. The van der Waals surface area contributed by atoms with E-state index in [1.165, 1.54) is 22.1 Å². The number of imidazole rings is 1. The summed E-state index contributed by atoms with van der Waals surface area (Å²) >= 11 is 1.32. The van der Waals surface area contributed by atoms with Crippen molar-refractivity contribution in [1.29, 1.82) is 0 Å². The van der Waals surface area contributed by atoms with E-state index >= 15 is 0 Å². The van der Waals surface area contributed by atoms with Gasteiger partial charge in [-0.3, -0.25) is 14.7 Å². The average molecular weight is 300 g/mol. The second-order valence-corrected chi connectivity index (χ2v) is 5.24. The van der Waals surface area contributed by atoms with E-state index in [-0.39, 0.29) is 17.3 Å². The monoisotopic (exact) mass is 300 g/mol. The smallest absolute Gasteiger partial charge is 0.312 e. The van der Waals surface area contributed by atoms with Crippen LogP contribution in [0, 0.1) is 0 Å². The number of H-pyrrole nitrogens is 1. The Labute approximate surface area is 124 Å². The predicted octanol–water partition coefficient (Wildman–Crippen LogP) is 1.93. The first-order chi connectivity index (χ1) is 10.2. The van der Waals surface area contributed by atoms with Crippen LogP contribution < -0.4 is 11.0 Å². The zero-order chi connectivity index (χ0) is 14.7. The maximum Gasteiger partial charge on any atom is 0.326 e. The molecule has 1 amide bonds. The molecule has 0 aliphatic heterocycles. The molecule has 0 bridgehead atoms. The first-order valence-corrected chi connectivity index (χ1v) is 7.15. The molecule has 0 unspecified atom stereocenters. The number of nitrogens with zero attached hydrogens (tertiary/aromatic N) is 2. The number of thiazole rings is 1. The van der Waals surface area contributed by atoms with Crippen LogP contribution in [0.2, 0.25) is 0 Å². The SMILES string of the molecule is O=C(Nc1nccs1)c1c[nH]c(=O)n1Cc1ccccc1. The van der Waals surface area contributed by atoms with E-state index in [1.807, 2.05) is 30.3 Å². The van der Waals surface area contributed by atoms with Crippen molar-refractivity contribution < 1.29 is 4.79 Å². The highest BCUT2D eigenvalue weighted by Gasteiger charge is 2.15. The summed E-state index contributed by atoms with van der Waals surface area (Å²) in [4.78, 5) is 30.6. The third-order valence-corrected chi connectivity index (χ3v) is 3.63. The van der Waals surface area contributed by atoms with Crippen LogP contribution in [0.25, 0.3) is 0 Å². The van der Waals surface area contributed by atoms with E-state index in [2.05, 4.69) is 15.3 Å². The van der Waals surface area contributed by atoms with Crippen molar-refractivity contribution in [1.82, 2.24) is 14.5 Å². The van der Waals surface area contributed by atoms with E-state index in [4.69, 9.17) is 0 Å². The Bertz CT molecular complexity index is 790. The number of carbonyl (C=O) groups is 1. The van der Waals surface area contributed by atoms with Crippen LogP contribution in [0.5, 0.6) is 0 Å². The summed E-state index contributed by atoms with van der Waals surface area (Å²) in [6, 6.07) is 9.49. The standard InChI is InChI=1S/C14H12N4O2S/c19-12(17-13-15-6-7-21-13)11-8-16-14(20)18(11)9-10-4-2-1-3-5-10/h1-8H,9H2,(H,16,20)(H,15,17,19). The number of carbonyl (C=O) groups excluding carboxylic acids is 1. The highest BCUT2D eigenvalue weighted by molar-refractivity contribution is 7.13. The molecule has 7 heteroatoms. The van der Waals surface area contributed by atoms with Gasteiger partial charge >= 0.3 is 5.69 Å². The van der Waals surface area contributed by atoms with Gasteiger partial charge in [0.15, 0.2) is 5.13 Å². The molecule has 2 aromatic heterocycles. The van der Waals surface area contributed by atoms with Crippen LogP contribution in [0.15, 0.2) is 52.9 Å². The Kier molecular flexibility index (Phi) is 3.65. The number of hydrogen-bond donors (Lipinski definition) is 2. The summed E-state index contributed by atoms with van der Waals surface area (Å²) in [6.07, 6.45) is 3.02. The van der Waals surface area contributed by atoms with Crippen molar-refractivity contribution in [3.63, 3.8) is 0 Å². The number of aromatic amines is 1. The normalized spacial score (nSPS) is 10.5. The van der Waals surface area contributed by atoms with E-state index in [9.17, 15) is 9.59 Å². The molecule has 0 fully saturated rings. The van der Waals surface area contributed by atoms with E-state index in [0.717, 1.165) is 5.56 Å². The van der Waals surface area contributed by atoms with Crippen molar-refractivity contribution in [2.45, 2.75) is 6.54 Å². The van der Waals surface area contributed by atoms with Crippen molar-refractivity contribution >= 4 is 22.4 Å². The van der Waals surface area contributed by atoms with Gasteiger partial charge in [0.05, 0.1) is 6.54 Å². The molecule has 106 valence electrons. The molecule has 0 saturated heterocycles. The van der Waals surface area contributed by atoms with Gasteiger partial charge in [-0.15, -0.1) is 11.3 Å². The minimum atomic E-state index is -0.362. The molecule has 0 spiro atoms. The maximum absolute atomic E-state index is 12.2. The number of aromatic nitrogens is 3. The number of benzene rings is 1. The largest absolute Gasteiger partial charge is 0.326 e. The van der Waals surface area contributed by atoms with Gasteiger partial charge in [0, 0.05) is 17.8 Å². The molecule has 0 atom stereocenters. The quantitative estimate of drug-likeness (QED) is 0.772. The molecule has 0 aliphatic carbocycles. The summed E-state index contributed by atoms with van der Waals surface area (Å²) in [5.41, 5.74) is 0.907. The predicted molar refractivity (Wildman–Crippen MR) is 80.7 cm³/mol. The lowest BCUT2D eigenvalue weighted by Crippen LogP contribution is -2.24. The molecule has 21 heavy (non-hydrogen) atoms. The number of hydrogen-bond acceptors (Lipinski definition) is 4. The Morgan fingerprint density at radius 2 is 2.14 bits per heavy atom. The molecule has 1 aromatic carbocycles. The highest BCUT2D eigenvalue weighted by atomic mass is 32.1. The van der Waals surface area contributed by atoms with Gasteiger partial charge in [-0.05, 0) is 5.56 Å². The fraction of sp³-hybridized carbons (Fsp3) is 0.0714. The highest BCUT2D eigenvalue weighted by Crippen LogP contribution is 2.12. The number of nitrogens with one attached hydrogen (secondary N) is 2. The third kappa shape index (κ3) is 2.92. The van der Waals surface area contributed by atoms with Crippen LogP contribution in [0.4, 0.5) is 5.13 Å². The first kappa shape index (κ1) is 13.3. The van der Waals surface area contributed by atoms with Crippen molar-refractivity contribution in [2.75, 3.05) is 5.32 Å². The minimum Gasteiger partial charge on any atom is -0.312 e. The molecule has 6 nitrogen and oxygen atoms in total. The van der Waals surface area contributed by atoms with Gasteiger partial charge in [0.1, 0.15) is 5.69 Å². The van der Waals surface area contributed by atoms with E-state index in [1.54, 1.807) is 11.6 Å². The lowest BCUT2D eigenvalue weighted by Gasteiger charge is -2.06. The van der Waals surface area contributed by atoms with Crippen LogP contribution in [0.1, 0.15) is 16.1 Å². The summed E-state index contributed by atoms with van der Waals surface area (Å²) in [6.45, 7) is 0.337. The average Bonchev–Trinajstić information content (AvgIpc) is 3.11. The molecule has 0 saturated carbocycles. The van der Waals surface area contributed by atoms with Gasteiger partial charge in [0.25, 0.3) is 5.91 Å². The molecule has 0 aliphatic rings. The van der Waals surface area contributed by atoms with Crippen molar-refractivity contribution in [2.24, 2.45) is 0 Å². The topological polar surface area (TPSA) is 79.8 Å². The van der Waals surface area contributed by atoms with Crippen LogP contribution in [0.3, 0.4) is 0 Å². The van der Waals surface area contributed by atoms with Crippen molar-refractivity contribution in [3.05, 3.63) is 69.8 Å². The molecule has 2 N–H and O–H groups in total. The van der Waals surface area contributed by atoms with Crippen molar-refractivity contribution in [3.8, 4) is 0 Å². The lowest BCUT2D eigenvalue weighted by atomic mass is 10.2. The zero-order valence-corrected chi connectivity index (χ0v) is 11.8. The summed E-state index contributed by atoms with van der Waals surface area (Å²) < 4.78 is 1.40. The van der Waals surface area contributed by atoms with Gasteiger partial charge in [-0.1, -0.05) is 30.3 Å². The minimum absolute atomic E-state index is 0.277. The summed E-state index contributed by atoms with van der Waals surface area (Å²) in [5.74, 6) is -0.362. The molecule has 0 radical (unpaired) electrons. The van der Waals surface area contributed by atoms with Gasteiger partial charge in [-0.2, -0.15) is 0 Å².